The zero-order chi connectivity index (χ0) is 9.90. The summed E-state index contributed by atoms with van der Waals surface area (Å²) in [4.78, 5) is 15.1. The first-order valence-electron chi connectivity index (χ1n) is 4.04. The molecule has 0 radical (unpaired) electrons. The highest BCUT2D eigenvalue weighted by atomic mass is 28.3. The standard InChI is InChI=1S/C9H12N2OSi/c1-13(2,3)7-4-9(12)11-6-5-10-8-11/h5-6,8H,1-3H3. The average Bonchev–Trinajstić information content (AvgIpc) is 2.50. The molecule has 0 atom stereocenters. The van der Waals surface area contributed by atoms with E-state index in [2.05, 4.69) is 36.1 Å². The summed E-state index contributed by atoms with van der Waals surface area (Å²) in [7, 11) is -1.45. The van der Waals surface area contributed by atoms with E-state index < -0.39 is 8.07 Å². The van der Waals surface area contributed by atoms with Gasteiger partial charge in [0.1, 0.15) is 14.4 Å². The maximum absolute atomic E-state index is 11.3. The number of carbonyl (C=O) groups is 1. The Labute approximate surface area is 78.8 Å². The number of nitrogens with zero attached hydrogens (tertiary/aromatic N) is 2. The molecule has 0 saturated carbocycles. The molecule has 68 valence electrons. The van der Waals surface area contributed by atoms with E-state index in [9.17, 15) is 4.79 Å². The summed E-state index contributed by atoms with van der Waals surface area (Å²) >= 11 is 0. The van der Waals surface area contributed by atoms with Crippen molar-refractivity contribution in [3.8, 4) is 11.5 Å². The lowest BCUT2D eigenvalue weighted by Gasteiger charge is -2.02. The van der Waals surface area contributed by atoms with E-state index in [0.29, 0.717) is 0 Å². The Morgan fingerprint density at radius 2 is 2.15 bits per heavy atom. The third-order valence-corrected chi connectivity index (χ3v) is 2.16. The van der Waals surface area contributed by atoms with Crippen molar-refractivity contribution >= 4 is 14.0 Å². The predicted molar refractivity (Wildman–Crippen MR) is 54.0 cm³/mol. The number of hydrogen-bond acceptors (Lipinski definition) is 2. The van der Waals surface area contributed by atoms with Crippen molar-refractivity contribution < 1.29 is 4.79 Å². The van der Waals surface area contributed by atoms with E-state index >= 15 is 0 Å². The molecule has 13 heavy (non-hydrogen) atoms. The highest BCUT2D eigenvalue weighted by Gasteiger charge is 2.08. The first kappa shape index (κ1) is 9.74. The summed E-state index contributed by atoms with van der Waals surface area (Å²) in [5, 5.41) is 0. The summed E-state index contributed by atoms with van der Waals surface area (Å²) in [5.41, 5.74) is 3.00. The van der Waals surface area contributed by atoms with Gasteiger partial charge in [-0.3, -0.25) is 9.36 Å². The van der Waals surface area contributed by atoms with Crippen molar-refractivity contribution in [2.45, 2.75) is 19.6 Å². The zero-order valence-corrected chi connectivity index (χ0v) is 9.03. The van der Waals surface area contributed by atoms with Gasteiger partial charge in [0.15, 0.2) is 0 Å². The summed E-state index contributed by atoms with van der Waals surface area (Å²) in [6.07, 6.45) is 4.62. The Morgan fingerprint density at radius 1 is 1.46 bits per heavy atom. The zero-order valence-electron chi connectivity index (χ0n) is 8.03. The molecule has 0 N–H and O–H groups in total. The minimum Gasteiger partial charge on any atom is -0.265 e. The number of imidazole rings is 1. The minimum absolute atomic E-state index is 0.208. The molecule has 0 bridgehead atoms. The van der Waals surface area contributed by atoms with Gasteiger partial charge in [-0.25, -0.2) is 4.98 Å². The topological polar surface area (TPSA) is 34.9 Å². The van der Waals surface area contributed by atoms with Crippen LogP contribution in [0.4, 0.5) is 0 Å². The Kier molecular flexibility index (Phi) is 2.68. The van der Waals surface area contributed by atoms with Gasteiger partial charge in [-0.2, -0.15) is 0 Å². The molecule has 1 aromatic heterocycles. The van der Waals surface area contributed by atoms with Crippen LogP contribution >= 0.6 is 0 Å². The monoisotopic (exact) mass is 192 g/mol. The summed E-state index contributed by atoms with van der Waals surface area (Å²) in [5.74, 6) is 2.41. The number of hydrogen-bond donors (Lipinski definition) is 0. The molecule has 0 aliphatic carbocycles. The molecule has 1 rings (SSSR count). The highest BCUT2D eigenvalue weighted by molar-refractivity contribution is 6.84. The van der Waals surface area contributed by atoms with Crippen molar-refractivity contribution in [2.24, 2.45) is 0 Å². The molecule has 3 nitrogen and oxygen atoms in total. The first-order chi connectivity index (χ1) is 5.99. The molecule has 1 heterocycles. The quantitative estimate of drug-likeness (QED) is 0.460. The maximum atomic E-state index is 11.3. The van der Waals surface area contributed by atoms with Crippen LogP contribution in [-0.2, 0) is 0 Å². The van der Waals surface area contributed by atoms with E-state index in [-0.39, 0.29) is 5.91 Å². The van der Waals surface area contributed by atoms with E-state index in [0.717, 1.165) is 0 Å². The second-order valence-corrected chi connectivity index (χ2v) is 8.53. The fourth-order valence-electron chi connectivity index (χ4n) is 0.685. The van der Waals surface area contributed by atoms with Crippen LogP contribution in [0.2, 0.25) is 19.6 Å². The van der Waals surface area contributed by atoms with Crippen molar-refractivity contribution in [2.75, 3.05) is 0 Å². The molecule has 1 aromatic rings. The average molecular weight is 192 g/mol. The van der Waals surface area contributed by atoms with Crippen molar-refractivity contribution in [1.82, 2.24) is 9.55 Å². The van der Waals surface area contributed by atoms with Gasteiger partial charge in [0.25, 0.3) is 0 Å². The maximum Gasteiger partial charge on any atom is 0.307 e. The van der Waals surface area contributed by atoms with E-state index in [1.54, 1.807) is 12.4 Å². The largest absolute Gasteiger partial charge is 0.307 e. The van der Waals surface area contributed by atoms with Gasteiger partial charge in [-0.15, -0.1) is 5.54 Å². The molecule has 0 saturated heterocycles. The second-order valence-electron chi connectivity index (χ2n) is 3.78. The molecule has 0 aromatic carbocycles. The van der Waals surface area contributed by atoms with Crippen LogP contribution in [0.3, 0.4) is 0 Å². The minimum atomic E-state index is -1.45. The van der Waals surface area contributed by atoms with Crippen LogP contribution in [0.15, 0.2) is 18.7 Å². The second kappa shape index (κ2) is 3.58. The van der Waals surface area contributed by atoms with Crippen LogP contribution in [0.5, 0.6) is 0 Å². The van der Waals surface area contributed by atoms with Gasteiger partial charge in [-0.1, -0.05) is 19.6 Å². The Morgan fingerprint density at radius 3 is 2.62 bits per heavy atom. The van der Waals surface area contributed by atoms with Gasteiger partial charge in [0, 0.05) is 12.4 Å². The summed E-state index contributed by atoms with van der Waals surface area (Å²) in [6, 6.07) is 0. The first-order valence-corrected chi connectivity index (χ1v) is 7.54. The third kappa shape index (κ3) is 3.26. The Bertz CT molecular complexity index is 351. The normalized spacial score (nSPS) is 10.4. The van der Waals surface area contributed by atoms with Gasteiger partial charge in [0.2, 0.25) is 0 Å². The van der Waals surface area contributed by atoms with Crippen LogP contribution in [-0.4, -0.2) is 23.5 Å². The number of aromatic nitrogens is 2. The SMILES string of the molecule is C[Si](C)(C)C#CC(=O)n1ccnc1. The predicted octanol–water partition coefficient (Wildman–Crippen LogP) is 1.40. The fraction of sp³-hybridized carbons (Fsp3) is 0.333. The highest BCUT2D eigenvalue weighted by Crippen LogP contribution is 1.96. The van der Waals surface area contributed by atoms with Gasteiger partial charge in [0.05, 0.1) is 0 Å². The molecule has 0 unspecified atom stereocenters. The van der Waals surface area contributed by atoms with Crippen molar-refractivity contribution in [3.63, 3.8) is 0 Å². The molecular formula is C9H12N2OSi. The molecule has 0 aliphatic rings. The van der Waals surface area contributed by atoms with Crippen molar-refractivity contribution in [3.05, 3.63) is 18.7 Å². The lowest BCUT2D eigenvalue weighted by Crippen LogP contribution is -2.18. The Hall–Kier alpha value is -1.34. The summed E-state index contributed by atoms with van der Waals surface area (Å²) < 4.78 is 1.38. The lowest BCUT2D eigenvalue weighted by atomic mass is 10.6. The number of rotatable bonds is 0. The van der Waals surface area contributed by atoms with Crippen LogP contribution in [0, 0.1) is 11.5 Å². The van der Waals surface area contributed by atoms with E-state index in [4.69, 9.17) is 0 Å². The van der Waals surface area contributed by atoms with Crippen LogP contribution < -0.4 is 0 Å². The van der Waals surface area contributed by atoms with E-state index in [1.165, 1.54) is 10.9 Å². The molecule has 0 aliphatic heterocycles. The van der Waals surface area contributed by atoms with Gasteiger partial charge >= 0.3 is 5.91 Å². The molecule has 4 heteroatoms. The molecule has 0 amide bonds. The third-order valence-electron chi connectivity index (χ3n) is 1.28. The number of carbonyl (C=O) groups excluding carboxylic acids is 1. The van der Waals surface area contributed by atoms with E-state index in [1.807, 2.05) is 0 Å². The van der Waals surface area contributed by atoms with Gasteiger partial charge in [-0.05, 0) is 5.92 Å². The van der Waals surface area contributed by atoms with Crippen LogP contribution in [0.25, 0.3) is 0 Å². The molecule has 0 fully saturated rings. The van der Waals surface area contributed by atoms with Crippen LogP contribution in [0.1, 0.15) is 4.79 Å². The Balaban J connectivity index is 2.76. The van der Waals surface area contributed by atoms with Crippen molar-refractivity contribution in [1.29, 1.82) is 0 Å². The van der Waals surface area contributed by atoms with Gasteiger partial charge < -0.3 is 0 Å². The smallest absolute Gasteiger partial charge is 0.265 e. The summed E-state index contributed by atoms with van der Waals surface area (Å²) in [6.45, 7) is 6.30. The molecular weight excluding hydrogens is 180 g/mol. The molecule has 0 spiro atoms. The lowest BCUT2D eigenvalue weighted by molar-refractivity contribution is 0.0979. The fourth-order valence-corrected chi connectivity index (χ4v) is 1.17.